The second kappa shape index (κ2) is 4.45. The standard InChI is InChI=1S/C15H11N5O/c21-14-4-2-1-3-9(14)13-7-10-11(12-5-6-17-18-12)8-16-15(10)20-19-13/h1-8,21H,(H,16,20)(H,17,18). The zero-order valence-corrected chi connectivity index (χ0v) is 10.9. The minimum atomic E-state index is 0.185. The van der Waals surface area contributed by atoms with E-state index in [1.165, 1.54) is 0 Å². The molecule has 3 heterocycles. The van der Waals surface area contributed by atoms with Crippen LogP contribution in [0.4, 0.5) is 0 Å². The highest BCUT2D eigenvalue weighted by molar-refractivity contribution is 5.94. The predicted molar refractivity (Wildman–Crippen MR) is 78.6 cm³/mol. The van der Waals surface area contributed by atoms with Crippen LogP contribution < -0.4 is 0 Å². The van der Waals surface area contributed by atoms with Crippen molar-refractivity contribution < 1.29 is 5.11 Å². The van der Waals surface area contributed by atoms with Gasteiger partial charge in [-0.2, -0.15) is 5.10 Å². The Kier molecular flexibility index (Phi) is 2.47. The second-order valence-corrected chi connectivity index (χ2v) is 4.68. The van der Waals surface area contributed by atoms with E-state index in [-0.39, 0.29) is 5.75 Å². The Balaban J connectivity index is 1.94. The molecule has 0 spiro atoms. The molecule has 4 rings (SSSR count). The van der Waals surface area contributed by atoms with E-state index in [0.29, 0.717) is 16.9 Å². The Morgan fingerprint density at radius 1 is 1.00 bits per heavy atom. The van der Waals surface area contributed by atoms with Crippen molar-refractivity contribution >= 4 is 11.0 Å². The Morgan fingerprint density at radius 3 is 2.71 bits per heavy atom. The summed E-state index contributed by atoms with van der Waals surface area (Å²) in [6.45, 7) is 0. The van der Waals surface area contributed by atoms with E-state index in [9.17, 15) is 5.11 Å². The van der Waals surface area contributed by atoms with Crippen LogP contribution in [0.5, 0.6) is 5.75 Å². The number of H-pyrrole nitrogens is 2. The van der Waals surface area contributed by atoms with Gasteiger partial charge in [0.1, 0.15) is 5.75 Å². The molecule has 3 N–H and O–H groups in total. The summed E-state index contributed by atoms with van der Waals surface area (Å²) in [6.07, 6.45) is 3.56. The molecule has 1 aromatic carbocycles. The fourth-order valence-corrected chi connectivity index (χ4v) is 2.37. The SMILES string of the molecule is Oc1ccccc1-c1cc2c(-c3ccn[nH]3)c[nH]c2nn1. The second-order valence-electron chi connectivity index (χ2n) is 4.68. The van der Waals surface area contributed by atoms with Crippen LogP contribution in [-0.2, 0) is 0 Å². The summed E-state index contributed by atoms with van der Waals surface area (Å²) in [6, 6.07) is 10.9. The van der Waals surface area contributed by atoms with Crippen LogP contribution in [0.1, 0.15) is 0 Å². The third-order valence-corrected chi connectivity index (χ3v) is 3.41. The maximum atomic E-state index is 9.95. The number of para-hydroxylation sites is 1. The molecule has 21 heavy (non-hydrogen) atoms. The number of nitrogens with zero attached hydrogens (tertiary/aromatic N) is 3. The van der Waals surface area contributed by atoms with Crippen molar-refractivity contribution in [3.63, 3.8) is 0 Å². The molecule has 0 saturated heterocycles. The molecule has 0 aliphatic rings. The van der Waals surface area contributed by atoms with Crippen molar-refractivity contribution in [3.05, 3.63) is 48.8 Å². The third kappa shape index (κ3) is 1.85. The summed E-state index contributed by atoms with van der Waals surface area (Å²) in [5, 5.41) is 26.1. The Bertz CT molecular complexity index is 911. The lowest BCUT2D eigenvalue weighted by atomic mass is 10.1. The fourth-order valence-electron chi connectivity index (χ4n) is 2.37. The molecule has 6 heteroatoms. The van der Waals surface area contributed by atoms with E-state index in [0.717, 1.165) is 16.6 Å². The van der Waals surface area contributed by atoms with Crippen LogP contribution in [-0.4, -0.2) is 30.5 Å². The first-order chi connectivity index (χ1) is 10.3. The fraction of sp³-hybridized carbons (Fsp3) is 0. The summed E-state index contributed by atoms with van der Waals surface area (Å²) >= 11 is 0. The van der Waals surface area contributed by atoms with Gasteiger partial charge in [0.15, 0.2) is 5.65 Å². The number of benzene rings is 1. The topological polar surface area (TPSA) is 90.5 Å². The van der Waals surface area contributed by atoms with Crippen LogP contribution in [0, 0.1) is 0 Å². The average molecular weight is 277 g/mol. The van der Waals surface area contributed by atoms with Crippen LogP contribution in [0.15, 0.2) is 48.8 Å². The van der Waals surface area contributed by atoms with Crippen LogP contribution in [0.3, 0.4) is 0 Å². The van der Waals surface area contributed by atoms with Gasteiger partial charge in [0.2, 0.25) is 0 Å². The van der Waals surface area contributed by atoms with E-state index in [2.05, 4.69) is 25.4 Å². The van der Waals surface area contributed by atoms with Gasteiger partial charge in [-0.3, -0.25) is 5.10 Å². The van der Waals surface area contributed by atoms with Crippen molar-refractivity contribution in [2.45, 2.75) is 0 Å². The van der Waals surface area contributed by atoms with Gasteiger partial charge in [0.25, 0.3) is 0 Å². The normalized spacial score (nSPS) is 11.0. The van der Waals surface area contributed by atoms with Crippen LogP contribution in [0.25, 0.3) is 33.5 Å². The highest BCUT2D eigenvalue weighted by Crippen LogP contribution is 2.31. The highest BCUT2D eigenvalue weighted by Gasteiger charge is 2.12. The number of hydrogen-bond donors (Lipinski definition) is 3. The van der Waals surface area contributed by atoms with Gasteiger partial charge in [-0.1, -0.05) is 12.1 Å². The molecule has 6 nitrogen and oxygen atoms in total. The molecule has 3 aromatic heterocycles. The molecule has 0 saturated carbocycles. The molecule has 0 bridgehead atoms. The molecule has 0 amide bonds. The molecular formula is C15H11N5O. The van der Waals surface area contributed by atoms with Gasteiger partial charge in [-0.15, -0.1) is 10.2 Å². The number of hydrogen-bond acceptors (Lipinski definition) is 4. The molecule has 0 aliphatic carbocycles. The maximum Gasteiger partial charge on any atom is 0.160 e. The number of aromatic amines is 2. The van der Waals surface area contributed by atoms with Crippen molar-refractivity contribution in [1.82, 2.24) is 25.4 Å². The molecule has 0 fully saturated rings. The van der Waals surface area contributed by atoms with Crippen LogP contribution in [0.2, 0.25) is 0 Å². The first-order valence-electron chi connectivity index (χ1n) is 6.46. The molecule has 0 unspecified atom stereocenters. The molecule has 0 aliphatic heterocycles. The van der Waals surface area contributed by atoms with Crippen LogP contribution >= 0.6 is 0 Å². The average Bonchev–Trinajstić information content (AvgIpc) is 3.16. The summed E-state index contributed by atoms with van der Waals surface area (Å²) in [5.74, 6) is 0.185. The van der Waals surface area contributed by atoms with Crippen molar-refractivity contribution in [3.8, 4) is 28.3 Å². The molecule has 0 radical (unpaired) electrons. The number of nitrogens with one attached hydrogen (secondary N) is 2. The quantitative estimate of drug-likeness (QED) is 0.525. The summed E-state index contributed by atoms with van der Waals surface area (Å²) in [4.78, 5) is 3.09. The number of aromatic nitrogens is 5. The lowest BCUT2D eigenvalue weighted by Gasteiger charge is -2.03. The lowest BCUT2D eigenvalue weighted by Crippen LogP contribution is -1.89. The van der Waals surface area contributed by atoms with E-state index in [4.69, 9.17) is 0 Å². The molecular weight excluding hydrogens is 266 g/mol. The van der Waals surface area contributed by atoms with Gasteiger partial charge >= 0.3 is 0 Å². The third-order valence-electron chi connectivity index (χ3n) is 3.41. The van der Waals surface area contributed by atoms with E-state index in [1.807, 2.05) is 30.5 Å². The Hall–Kier alpha value is -3.15. The minimum Gasteiger partial charge on any atom is -0.507 e. The Labute approximate surface area is 119 Å². The molecule has 4 aromatic rings. The van der Waals surface area contributed by atoms with Gasteiger partial charge in [-0.25, -0.2) is 0 Å². The van der Waals surface area contributed by atoms with Crippen molar-refractivity contribution in [2.75, 3.05) is 0 Å². The zero-order chi connectivity index (χ0) is 14.2. The van der Waals surface area contributed by atoms with Gasteiger partial charge in [0.05, 0.1) is 11.4 Å². The number of aromatic hydroxyl groups is 1. The predicted octanol–water partition coefficient (Wildman–Crippen LogP) is 2.72. The number of phenols is 1. The number of phenolic OH excluding ortho intramolecular Hbond substituents is 1. The van der Waals surface area contributed by atoms with Gasteiger partial charge in [-0.05, 0) is 24.3 Å². The minimum absolute atomic E-state index is 0.185. The van der Waals surface area contributed by atoms with Crippen molar-refractivity contribution in [2.24, 2.45) is 0 Å². The van der Waals surface area contributed by atoms with E-state index in [1.54, 1.807) is 18.3 Å². The summed E-state index contributed by atoms with van der Waals surface area (Å²) < 4.78 is 0. The highest BCUT2D eigenvalue weighted by atomic mass is 16.3. The molecule has 0 atom stereocenters. The summed E-state index contributed by atoms with van der Waals surface area (Å²) in [7, 11) is 0. The Morgan fingerprint density at radius 2 is 1.90 bits per heavy atom. The maximum absolute atomic E-state index is 9.95. The van der Waals surface area contributed by atoms with Gasteiger partial charge in [0, 0.05) is 28.9 Å². The van der Waals surface area contributed by atoms with Crippen molar-refractivity contribution in [1.29, 1.82) is 0 Å². The monoisotopic (exact) mass is 277 g/mol. The first kappa shape index (κ1) is 11.7. The smallest absolute Gasteiger partial charge is 0.160 e. The lowest BCUT2D eigenvalue weighted by molar-refractivity contribution is 0.477. The van der Waals surface area contributed by atoms with Gasteiger partial charge < -0.3 is 10.1 Å². The number of fused-ring (bicyclic) bond motifs is 1. The molecule has 102 valence electrons. The number of rotatable bonds is 2. The largest absolute Gasteiger partial charge is 0.507 e. The summed E-state index contributed by atoms with van der Waals surface area (Å²) in [5.41, 5.74) is 3.84. The van der Waals surface area contributed by atoms with E-state index < -0.39 is 0 Å². The van der Waals surface area contributed by atoms with E-state index >= 15 is 0 Å². The first-order valence-corrected chi connectivity index (χ1v) is 6.46. The zero-order valence-electron chi connectivity index (χ0n) is 10.9.